The maximum Gasteiger partial charge on any atom is 0.270 e. The Morgan fingerprint density at radius 3 is 2.39 bits per heavy atom. The third-order valence-electron chi connectivity index (χ3n) is 6.40. The van der Waals surface area contributed by atoms with Gasteiger partial charge in [0, 0.05) is 36.8 Å². The van der Waals surface area contributed by atoms with Crippen molar-refractivity contribution in [3.8, 4) is 0 Å². The fourth-order valence-corrected chi connectivity index (χ4v) is 4.68. The summed E-state index contributed by atoms with van der Waals surface area (Å²) in [4.78, 5) is 41.9. The molecule has 0 N–H and O–H groups in total. The Morgan fingerprint density at radius 2 is 1.73 bits per heavy atom. The van der Waals surface area contributed by atoms with E-state index in [-0.39, 0.29) is 35.5 Å². The summed E-state index contributed by atoms with van der Waals surface area (Å²) in [7, 11) is 0. The summed E-state index contributed by atoms with van der Waals surface area (Å²) in [6.45, 7) is 2.77. The Hall–Kier alpha value is -3.10. The predicted molar refractivity (Wildman–Crippen MR) is 125 cm³/mol. The molecule has 1 aliphatic carbocycles. The molecular weight excluding hydrogens is 422 g/mol. The first-order chi connectivity index (χ1) is 16.0. The van der Waals surface area contributed by atoms with Crippen LogP contribution in [0.2, 0.25) is 0 Å². The second kappa shape index (κ2) is 10.7. The van der Waals surface area contributed by atoms with Gasteiger partial charge >= 0.3 is 0 Å². The number of carbonyl (C=O) groups excluding carboxylic acids is 2. The molecule has 2 aliphatic rings. The van der Waals surface area contributed by atoms with Crippen molar-refractivity contribution in [2.24, 2.45) is 0 Å². The molecule has 2 fully saturated rings. The van der Waals surface area contributed by atoms with Crippen LogP contribution in [0, 0.1) is 10.1 Å². The molecule has 1 saturated carbocycles. The molecule has 8 nitrogen and oxygen atoms in total. The summed E-state index contributed by atoms with van der Waals surface area (Å²) in [5.74, 6) is -0.408. The number of rotatable bonds is 7. The van der Waals surface area contributed by atoms with Crippen LogP contribution in [0.5, 0.6) is 0 Å². The second-order valence-electron chi connectivity index (χ2n) is 8.60. The zero-order chi connectivity index (χ0) is 23.2. The first-order valence-corrected chi connectivity index (χ1v) is 11.5. The third kappa shape index (κ3) is 5.46. The van der Waals surface area contributed by atoms with Crippen LogP contribution in [0.15, 0.2) is 48.5 Å². The summed E-state index contributed by atoms with van der Waals surface area (Å²) in [5, 5.41) is 11.5. The summed E-state index contributed by atoms with van der Waals surface area (Å²) >= 11 is 0. The number of nitro benzene ring substituents is 1. The van der Waals surface area contributed by atoms with Crippen LogP contribution in [0.1, 0.15) is 48.0 Å². The first kappa shape index (κ1) is 23.1. The number of ketones is 1. The molecule has 0 radical (unpaired) electrons. The van der Waals surface area contributed by atoms with E-state index >= 15 is 0 Å². The Labute approximate surface area is 193 Å². The molecule has 2 aromatic carbocycles. The average molecular weight is 452 g/mol. The lowest BCUT2D eigenvalue weighted by molar-refractivity contribution is -0.384. The van der Waals surface area contributed by atoms with Gasteiger partial charge in [0.25, 0.3) is 5.69 Å². The Bertz CT molecular complexity index is 998. The fraction of sp³-hybridized carbons (Fsp3) is 0.440. The van der Waals surface area contributed by atoms with E-state index in [4.69, 9.17) is 4.74 Å². The number of hydrogen-bond donors (Lipinski definition) is 0. The van der Waals surface area contributed by atoms with E-state index in [2.05, 4.69) is 4.90 Å². The van der Waals surface area contributed by atoms with Crippen molar-refractivity contribution in [2.45, 2.75) is 38.1 Å². The van der Waals surface area contributed by atoms with E-state index in [9.17, 15) is 19.7 Å². The van der Waals surface area contributed by atoms with Gasteiger partial charge in [-0.25, -0.2) is 0 Å². The Morgan fingerprint density at radius 1 is 1.03 bits per heavy atom. The first-order valence-electron chi connectivity index (χ1n) is 11.5. The van der Waals surface area contributed by atoms with Gasteiger partial charge in [0.15, 0.2) is 5.78 Å². The van der Waals surface area contributed by atoms with Crippen molar-refractivity contribution in [3.63, 3.8) is 0 Å². The standard InChI is InChI=1S/C25H29N3O5/c29-24(18-26-13-15-33-16-14-26)27(20-9-5-2-6-10-20)23-12-11-21(28(31)32)17-22(23)25(30)19-7-3-1-4-8-19/h1,3-4,7-8,11-12,17,20H,2,5-6,9-10,13-16,18H2. The number of carbonyl (C=O) groups is 2. The SMILES string of the molecule is O=C(c1ccccc1)c1cc([N+](=O)[O-])ccc1N(C(=O)CN1CCOCC1)C1CCCCC1. The number of amides is 1. The molecule has 1 amide bonds. The number of nitrogens with zero attached hydrogens (tertiary/aromatic N) is 3. The van der Waals surface area contributed by atoms with E-state index in [1.54, 1.807) is 35.2 Å². The molecule has 0 atom stereocenters. The molecule has 174 valence electrons. The van der Waals surface area contributed by atoms with Gasteiger partial charge < -0.3 is 9.64 Å². The molecule has 4 rings (SSSR count). The van der Waals surface area contributed by atoms with E-state index in [1.165, 1.54) is 12.1 Å². The lowest BCUT2D eigenvalue weighted by Gasteiger charge is -2.37. The van der Waals surface area contributed by atoms with E-state index < -0.39 is 4.92 Å². The lowest BCUT2D eigenvalue weighted by atomic mass is 9.92. The van der Waals surface area contributed by atoms with Crippen LogP contribution >= 0.6 is 0 Å². The third-order valence-corrected chi connectivity index (χ3v) is 6.40. The summed E-state index contributed by atoms with van der Waals surface area (Å²) in [6, 6.07) is 12.9. The molecule has 0 unspecified atom stereocenters. The normalized spacial score (nSPS) is 17.5. The summed E-state index contributed by atoms with van der Waals surface area (Å²) in [6.07, 6.45) is 4.86. The van der Waals surface area contributed by atoms with Crippen molar-refractivity contribution in [1.29, 1.82) is 0 Å². The zero-order valence-corrected chi connectivity index (χ0v) is 18.7. The highest BCUT2D eigenvalue weighted by atomic mass is 16.6. The molecule has 1 saturated heterocycles. The molecule has 0 bridgehead atoms. The smallest absolute Gasteiger partial charge is 0.270 e. The average Bonchev–Trinajstić information content (AvgIpc) is 2.85. The van der Waals surface area contributed by atoms with E-state index in [0.717, 1.165) is 32.1 Å². The number of benzene rings is 2. The quantitative estimate of drug-likeness (QED) is 0.361. The minimum absolute atomic E-state index is 0.0314. The highest BCUT2D eigenvalue weighted by molar-refractivity contribution is 6.14. The monoisotopic (exact) mass is 451 g/mol. The highest BCUT2D eigenvalue weighted by Crippen LogP contribution is 2.33. The Kier molecular flexibility index (Phi) is 7.47. The van der Waals surface area contributed by atoms with Gasteiger partial charge in [-0.3, -0.25) is 24.6 Å². The summed E-state index contributed by atoms with van der Waals surface area (Å²) in [5.41, 5.74) is 0.918. The van der Waals surface area contributed by atoms with Crippen molar-refractivity contribution in [3.05, 3.63) is 69.8 Å². The van der Waals surface area contributed by atoms with Crippen molar-refractivity contribution in [1.82, 2.24) is 4.90 Å². The van der Waals surface area contributed by atoms with Crippen LogP contribution in [-0.4, -0.2) is 60.4 Å². The molecular formula is C25H29N3O5. The van der Waals surface area contributed by atoms with Crippen LogP contribution in [0.3, 0.4) is 0 Å². The van der Waals surface area contributed by atoms with Crippen molar-refractivity contribution >= 4 is 23.1 Å². The number of morpholine rings is 1. The number of hydrogen-bond acceptors (Lipinski definition) is 6. The van der Waals surface area contributed by atoms with Gasteiger partial charge in [-0.2, -0.15) is 0 Å². The molecule has 33 heavy (non-hydrogen) atoms. The van der Waals surface area contributed by atoms with Gasteiger partial charge in [0.1, 0.15) is 0 Å². The molecule has 1 aliphatic heterocycles. The molecule has 8 heteroatoms. The molecule has 2 aromatic rings. The number of non-ortho nitro benzene ring substituents is 1. The largest absolute Gasteiger partial charge is 0.379 e. The van der Waals surface area contributed by atoms with Gasteiger partial charge in [0.05, 0.1) is 35.9 Å². The lowest BCUT2D eigenvalue weighted by Crippen LogP contribution is -2.49. The van der Waals surface area contributed by atoms with Gasteiger partial charge in [-0.05, 0) is 18.9 Å². The minimum Gasteiger partial charge on any atom is -0.379 e. The van der Waals surface area contributed by atoms with Crippen LogP contribution in [0.4, 0.5) is 11.4 Å². The fourth-order valence-electron chi connectivity index (χ4n) is 4.68. The molecule has 1 heterocycles. The number of ether oxygens (including phenoxy) is 1. The van der Waals surface area contributed by atoms with Crippen molar-refractivity contribution < 1.29 is 19.2 Å². The van der Waals surface area contributed by atoms with Crippen LogP contribution < -0.4 is 4.90 Å². The van der Waals surface area contributed by atoms with Gasteiger partial charge in [0.2, 0.25) is 5.91 Å². The van der Waals surface area contributed by atoms with Crippen LogP contribution in [-0.2, 0) is 9.53 Å². The molecule has 0 aromatic heterocycles. The van der Waals surface area contributed by atoms with E-state index in [1.807, 2.05) is 6.07 Å². The topological polar surface area (TPSA) is 93.0 Å². The maximum atomic E-state index is 13.6. The predicted octanol–water partition coefficient (Wildman–Crippen LogP) is 3.82. The maximum absolute atomic E-state index is 13.6. The van der Waals surface area contributed by atoms with Gasteiger partial charge in [-0.1, -0.05) is 49.6 Å². The van der Waals surface area contributed by atoms with Crippen molar-refractivity contribution in [2.75, 3.05) is 37.7 Å². The molecule has 0 spiro atoms. The summed E-state index contributed by atoms with van der Waals surface area (Å²) < 4.78 is 5.40. The van der Waals surface area contributed by atoms with Gasteiger partial charge in [-0.15, -0.1) is 0 Å². The highest BCUT2D eigenvalue weighted by Gasteiger charge is 2.32. The Balaban J connectivity index is 1.75. The number of nitro groups is 1. The van der Waals surface area contributed by atoms with E-state index in [0.29, 0.717) is 37.6 Å². The zero-order valence-electron chi connectivity index (χ0n) is 18.7. The van der Waals surface area contributed by atoms with Crippen LogP contribution in [0.25, 0.3) is 0 Å². The minimum atomic E-state index is -0.508. The second-order valence-corrected chi connectivity index (χ2v) is 8.60. The number of anilines is 1.